The molecule has 3 aromatic carbocycles. The molecule has 0 bridgehead atoms. The van der Waals surface area contributed by atoms with Crippen molar-refractivity contribution in [2.24, 2.45) is 0 Å². The van der Waals surface area contributed by atoms with Crippen LogP contribution in [0.25, 0.3) is 33.5 Å². The van der Waals surface area contributed by atoms with E-state index in [4.69, 9.17) is 14.9 Å². The minimum absolute atomic E-state index is 0.310. The molecule has 5 rings (SSSR count). The van der Waals surface area contributed by atoms with Crippen LogP contribution in [-0.2, 0) is 16.1 Å². The lowest BCUT2D eigenvalue weighted by molar-refractivity contribution is -0.192. The second-order valence-corrected chi connectivity index (χ2v) is 9.65. The number of para-hydroxylation sites is 1. The van der Waals surface area contributed by atoms with E-state index in [1.54, 1.807) is 0 Å². The number of aliphatic carboxylic acids is 1. The van der Waals surface area contributed by atoms with Gasteiger partial charge in [-0.25, -0.2) is 9.78 Å². The summed E-state index contributed by atoms with van der Waals surface area (Å²) in [7, 11) is 0. The highest BCUT2D eigenvalue weighted by Gasteiger charge is 2.38. The number of carbonyl (C=O) groups excluding carboxylic acids is 1. The first-order valence-corrected chi connectivity index (χ1v) is 13.1. The van der Waals surface area contributed by atoms with Gasteiger partial charge in [0.25, 0.3) is 0 Å². The summed E-state index contributed by atoms with van der Waals surface area (Å²) in [6, 6.07) is 23.5. The first-order chi connectivity index (χ1) is 19.1. The Morgan fingerprint density at radius 3 is 2.40 bits per heavy atom. The molecule has 0 spiro atoms. The molecule has 1 fully saturated rings. The number of halogens is 3. The quantitative estimate of drug-likeness (QED) is 0.235. The molecule has 40 heavy (non-hydrogen) atoms. The maximum atomic E-state index is 11.7. The maximum absolute atomic E-state index is 11.7. The van der Waals surface area contributed by atoms with E-state index in [1.807, 2.05) is 4.90 Å². The van der Waals surface area contributed by atoms with Crippen molar-refractivity contribution in [2.75, 3.05) is 19.6 Å². The van der Waals surface area contributed by atoms with Crippen molar-refractivity contribution in [1.82, 2.24) is 20.2 Å². The number of fused-ring (bicyclic) bond motifs is 1. The summed E-state index contributed by atoms with van der Waals surface area (Å²) in [6.07, 6.45) is -2.35. The van der Waals surface area contributed by atoms with Crippen molar-refractivity contribution in [3.8, 4) is 22.5 Å². The third-order valence-corrected chi connectivity index (χ3v) is 6.66. The lowest BCUT2D eigenvalue weighted by atomic mass is 10.0. The molecule has 1 aromatic heterocycles. The molecule has 1 amide bonds. The predicted molar refractivity (Wildman–Crippen MR) is 148 cm³/mol. The Hall–Kier alpha value is -4.18. The molecular formula is C30H31F3N4O3. The van der Waals surface area contributed by atoms with Gasteiger partial charge in [0.05, 0.1) is 11.0 Å². The van der Waals surface area contributed by atoms with Gasteiger partial charge in [-0.2, -0.15) is 13.2 Å². The van der Waals surface area contributed by atoms with Crippen molar-refractivity contribution in [1.29, 1.82) is 0 Å². The Bertz CT molecular complexity index is 1470. The van der Waals surface area contributed by atoms with Gasteiger partial charge in [-0.15, -0.1) is 0 Å². The number of hydrogen-bond donors (Lipinski definition) is 3. The highest BCUT2D eigenvalue weighted by molar-refractivity contribution is 5.83. The Balaban J connectivity index is 0.000000470. The number of hydrogen-bond acceptors (Lipinski definition) is 4. The molecule has 2 heterocycles. The van der Waals surface area contributed by atoms with Crippen LogP contribution in [0.4, 0.5) is 13.2 Å². The lowest BCUT2D eigenvalue weighted by Gasteiger charge is -2.15. The molecule has 1 aliphatic rings. The molecule has 0 radical (unpaired) electrons. The summed E-state index contributed by atoms with van der Waals surface area (Å²) in [5.74, 6) is -1.55. The molecule has 0 atom stereocenters. The van der Waals surface area contributed by atoms with E-state index < -0.39 is 12.1 Å². The van der Waals surface area contributed by atoms with Gasteiger partial charge in [0, 0.05) is 31.6 Å². The van der Waals surface area contributed by atoms with Gasteiger partial charge in [-0.3, -0.25) is 4.79 Å². The van der Waals surface area contributed by atoms with Crippen molar-refractivity contribution < 1.29 is 27.9 Å². The van der Waals surface area contributed by atoms with Gasteiger partial charge in [0.1, 0.15) is 5.82 Å². The summed E-state index contributed by atoms with van der Waals surface area (Å²) in [6.45, 7) is 5.65. The first kappa shape index (κ1) is 28.8. The third-order valence-electron chi connectivity index (χ3n) is 6.66. The summed E-state index contributed by atoms with van der Waals surface area (Å²) < 4.78 is 31.7. The van der Waals surface area contributed by atoms with Crippen LogP contribution in [0.2, 0.25) is 0 Å². The van der Waals surface area contributed by atoms with E-state index >= 15 is 0 Å². The van der Waals surface area contributed by atoms with Gasteiger partial charge in [-0.05, 0) is 60.7 Å². The average molecular weight is 553 g/mol. The lowest BCUT2D eigenvalue weighted by Crippen LogP contribution is -2.28. The number of rotatable bonds is 8. The number of alkyl halides is 3. The first-order valence-electron chi connectivity index (χ1n) is 13.1. The number of benzene rings is 3. The number of carboxylic acid groups (broad SMARTS) is 1. The number of imidazole rings is 1. The maximum Gasteiger partial charge on any atom is 0.490 e. The van der Waals surface area contributed by atoms with E-state index in [0.717, 1.165) is 67.9 Å². The standard InChI is InChI=1S/C28H30N4O.C2HF3O2/c1-20-6-2-9-25-27(20)31-28(30-25)24-8-3-7-23(18-24)22-13-11-21(12-14-22)19-29-15-5-17-32-16-4-10-26(32)33;3-2(4,5)1(6)7/h2-3,6-9,11-14,18,29H,4-5,10,15-17,19H2,1H3,(H,30,31);(H,6,7). The highest BCUT2D eigenvalue weighted by Crippen LogP contribution is 2.27. The van der Waals surface area contributed by atoms with Gasteiger partial charge in [0.2, 0.25) is 5.91 Å². The molecule has 7 nitrogen and oxygen atoms in total. The highest BCUT2D eigenvalue weighted by atomic mass is 19.4. The number of likely N-dealkylation sites (tertiary alicyclic amines) is 1. The smallest absolute Gasteiger partial charge is 0.475 e. The molecule has 1 aliphatic heterocycles. The number of H-pyrrole nitrogens is 1. The zero-order chi connectivity index (χ0) is 28.7. The number of carbonyl (C=O) groups is 2. The third kappa shape index (κ3) is 7.47. The van der Waals surface area contributed by atoms with Gasteiger partial charge in [0.15, 0.2) is 0 Å². The second-order valence-electron chi connectivity index (χ2n) is 9.65. The van der Waals surface area contributed by atoms with Crippen LogP contribution in [-0.4, -0.2) is 57.7 Å². The van der Waals surface area contributed by atoms with E-state index in [1.165, 1.54) is 22.3 Å². The van der Waals surface area contributed by atoms with Crippen molar-refractivity contribution in [3.63, 3.8) is 0 Å². The molecule has 10 heteroatoms. The zero-order valence-corrected chi connectivity index (χ0v) is 22.1. The molecule has 0 unspecified atom stereocenters. The van der Waals surface area contributed by atoms with Crippen LogP contribution in [0, 0.1) is 6.92 Å². The summed E-state index contributed by atoms with van der Waals surface area (Å²) >= 11 is 0. The Kier molecular flexibility index (Phi) is 9.21. The van der Waals surface area contributed by atoms with Gasteiger partial charge >= 0.3 is 12.1 Å². The molecule has 0 aliphatic carbocycles. The minimum Gasteiger partial charge on any atom is -0.475 e. The van der Waals surface area contributed by atoms with E-state index in [-0.39, 0.29) is 0 Å². The van der Waals surface area contributed by atoms with Crippen molar-refractivity contribution in [3.05, 3.63) is 77.9 Å². The van der Waals surface area contributed by atoms with Crippen LogP contribution in [0.5, 0.6) is 0 Å². The van der Waals surface area contributed by atoms with Crippen LogP contribution in [0.1, 0.15) is 30.4 Å². The number of aromatic nitrogens is 2. The van der Waals surface area contributed by atoms with Crippen molar-refractivity contribution >= 4 is 22.9 Å². The number of nitrogens with zero attached hydrogens (tertiary/aromatic N) is 2. The summed E-state index contributed by atoms with van der Waals surface area (Å²) in [5, 5.41) is 10.6. The molecule has 4 aromatic rings. The molecular weight excluding hydrogens is 521 g/mol. The molecule has 1 saturated heterocycles. The largest absolute Gasteiger partial charge is 0.490 e. The fourth-order valence-corrected chi connectivity index (χ4v) is 4.54. The monoisotopic (exact) mass is 552 g/mol. The second kappa shape index (κ2) is 12.8. The molecule has 210 valence electrons. The summed E-state index contributed by atoms with van der Waals surface area (Å²) in [5.41, 5.74) is 8.01. The van der Waals surface area contributed by atoms with Crippen LogP contribution in [0.3, 0.4) is 0 Å². The van der Waals surface area contributed by atoms with E-state index in [9.17, 15) is 18.0 Å². The number of carboxylic acids is 1. The number of aryl methyl sites for hydroxylation is 1. The fourth-order valence-electron chi connectivity index (χ4n) is 4.54. The Morgan fingerprint density at radius 2 is 1.75 bits per heavy atom. The van der Waals surface area contributed by atoms with E-state index in [0.29, 0.717) is 5.91 Å². The Morgan fingerprint density at radius 1 is 1.05 bits per heavy atom. The Labute approximate surface area is 230 Å². The van der Waals surface area contributed by atoms with Crippen LogP contribution < -0.4 is 5.32 Å². The fraction of sp³-hybridized carbons (Fsp3) is 0.300. The minimum atomic E-state index is -5.08. The number of amides is 1. The van der Waals surface area contributed by atoms with E-state index in [2.05, 4.69) is 84.0 Å². The predicted octanol–water partition coefficient (Wildman–Crippen LogP) is 5.94. The zero-order valence-electron chi connectivity index (χ0n) is 22.1. The summed E-state index contributed by atoms with van der Waals surface area (Å²) in [4.78, 5) is 30.8. The van der Waals surface area contributed by atoms with Crippen molar-refractivity contribution in [2.45, 2.75) is 38.9 Å². The van der Waals surface area contributed by atoms with Gasteiger partial charge < -0.3 is 20.3 Å². The average Bonchev–Trinajstić information content (AvgIpc) is 3.56. The molecule has 0 saturated carbocycles. The molecule has 3 N–H and O–H groups in total. The number of nitrogens with one attached hydrogen (secondary N) is 2. The van der Waals surface area contributed by atoms with Crippen LogP contribution >= 0.6 is 0 Å². The van der Waals surface area contributed by atoms with Gasteiger partial charge in [-0.1, -0.05) is 54.6 Å². The SMILES string of the molecule is Cc1cccc2[nH]c(-c3cccc(-c4ccc(CNCCCN5CCCC5=O)cc4)c3)nc12.O=C(O)C(F)(F)F. The van der Waals surface area contributed by atoms with Crippen LogP contribution in [0.15, 0.2) is 66.7 Å². The number of aromatic amines is 1. The normalized spacial score (nSPS) is 13.4. The topological polar surface area (TPSA) is 98.3 Å².